The Bertz CT molecular complexity index is 448. The summed E-state index contributed by atoms with van der Waals surface area (Å²) in [5.41, 5.74) is 2.87. The SMILES string of the molecule is Cc1ccc(C(O)C(=O)N2CCCCCC2)c(C)c1. The van der Waals surface area contributed by atoms with Crippen molar-refractivity contribution in [3.63, 3.8) is 0 Å². The fourth-order valence-electron chi connectivity index (χ4n) is 2.73. The summed E-state index contributed by atoms with van der Waals surface area (Å²) in [6, 6.07) is 5.82. The predicted molar refractivity (Wildman–Crippen MR) is 75.9 cm³/mol. The van der Waals surface area contributed by atoms with Crippen LogP contribution in [-0.4, -0.2) is 29.0 Å². The summed E-state index contributed by atoms with van der Waals surface area (Å²) >= 11 is 0. The van der Waals surface area contributed by atoms with E-state index >= 15 is 0 Å². The van der Waals surface area contributed by atoms with Crippen molar-refractivity contribution in [3.8, 4) is 0 Å². The molecule has 3 nitrogen and oxygen atoms in total. The van der Waals surface area contributed by atoms with Gasteiger partial charge in [-0.15, -0.1) is 0 Å². The topological polar surface area (TPSA) is 40.5 Å². The van der Waals surface area contributed by atoms with Gasteiger partial charge in [0.15, 0.2) is 6.10 Å². The summed E-state index contributed by atoms with van der Waals surface area (Å²) in [6.07, 6.45) is 3.45. The summed E-state index contributed by atoms with van der Waals surface area (Å²) in [6.45, 7) is 5.52. The Labute approximate surface area is 115 Å². The van der Waals surface area contributed by atoms with E-state index in [9.17, 15) is 9.90 Å². The van der Waals surface area contributed by atoms with Crippen LogP contribution in [0.2, 0.25) is 0 Å². The molecule has 1 amide bonds. The van der Waals surface area contributed by atoms with Crippen molar-refractivity contribution in [2.45, 2.75) is 45.6 Å². The van der Waals surface area contributed by atoms with Crippen LogP contribution < -0.4 is 0 Å². The third-order valence-corrected chi connectivity index (χ3v) is 3.87. The zero-order chi connectivity index (χ0) is 13.8. The number of rotatable bonds is 2. The Morgan fingerprint density at radius 3 is 2.37 bits per heavy atom. The quantitative estimate of drug-likeness (QED) is 0.889. The van der Waals surface area contributed by atoms with E-state index in [1.54, 1.807) is 0 Å². The fraction of sp³-hybridized carbons (Fsp3) is 0.562. The minimum absolute atomic E-state index is 0.145. The van der Waals surface area contributed by atoms with Crippen LogP contribution in [0.1, 0.15) is 48.5 Å². The third kappa shape index (κ3) is 3.35. The number of amides is 1. The van der Waals surface area contributed by atoms with E-state index in [-0.39, 0.29) is 5.91 Å². The molecule has 0 aromatic heterocycles. The molecule has 0 saturated carbocycles. The van der Waals surface area contributed by atoms with Crippen molar-refractivity contribution in [2.24, 2.45) is 0 Å². The van der Waals surface area contributed by atoms with Crippen LogP contribution in [0.25, 0.3) is 0 Å². The molecule has 1 aromatic carbocycles. The van der Waals surface area contributed by atoms with Gasteiger partial charge in [-0.05, 0) is 37.8 Å². The first-order valence-corrected chi connectivity index (χ1v) is 7.13. The van der Waals surface area contributed by atoms with Crippen LogP contribution in [0.3, 0.4) is 0 Å². The van der Waals surface area contributed by atoms with Crippen molar-refractivity contribution in [1.82, 2.24) is 4.90 Å². The van der Waals surface area contributed by atoms with Crippen molar-refractivity contribution in [2.75, 3.05) is 13.1 Å². The number of benzene rings is 1. The average molecular weight is 261 g/mol. The van der Waals surface area contributed by atoms with Gasteiger partial charge in [0.25, 0.3) is 5.91 Å². The zero-order valence-corrected chi connectivity index (χ0v) is 11.9. The van der Waals surface area contributed by atoms with E-state index in [2.05, 4.69) is 0 Å². The van der Waals surface area contributed by atoms with Gasteiger partial charge in [0.2, 0.25) is 0 Å². The lowest BCUT2D eigenvalue weighted by molar-refractivity contribution is -0.140. The molecular weight excluding hydrogens is 238 g/mol. The number of likely N-dealkylation sites (tertiary alicyclic amines) is 1. The molecule has 1 unspecified atom stereocenters. The van der Waals surface area contributed by atoms with Crippen molar-refractivity contribution >= 4 is 5.91 Å². The number of nitrogens with zero attached hydrogens (tertiary/aromatic N) is 1. The maximum Gasteiger partial charge on any atom is 0.256 e. The minimum Gasteiger partial charge on any atom is -0.378 e. The molecule has 0 bridgehead atoms. The number of aliphatic hydroxyl groups excluding tert-OH is 1. The second-order valence-electron chi connectivity index (χ2n) is 5.50. The lowest BCUT2D eigenvalue weighted by atomic mass is 10.00. The van der Waals surface area contributed by atoms with Crippen LogP contribution >= 0.6 is 0 Å². The standard InChI is InChI=1S/C16H23NO2/c1-12-7-8-14(13(2)11-12)15(18)16(19)17-9-5-3-4-6-10-17/h7-8,11,15,18H,3-6,9-10H2,1-2H3. The summed E-state index contributed by atoms with van der Waals surface area (Å²) < 4.78 is 0. The molecule has 3 heteroatoms. The van der Waals surface area contributed by atoms with E-state index in [4.69, 9.17) is 0 Å². The van der Waals surface area contributed by atoms with Crippen LogP contribution in [-0.2, 0) is 4.79 Å². The maximum absolute atomic E-state index is 12.4. The normalized spacial score (nSPS) is 17.9. The van der Waals surface area contributed by atoms with Crippen LogP contribution in [0.15, 0.2) is 18.2 Å². The van der Waals surface area contributed by atoms with Gasteiger partial charge in [-0.25, -0.2) is 0 Å². The van der Waals surface area contributed by atoms with E-state index in [1.807, 2.05) is 36.9 Å². The molecule has 0 aliphatic carbocycles. The molecule has 104 valence electrons. The number of hydrogen-bond acceptors (Lipinski definition) is 2. The van der Waals surface area contributed by atoms with Crippen LogP contribution in [0.5, 0.6) is 0 Å². The second kappa shape index (κ2) is 6.20. The molecule has 0 radical (unpaired) electrons. The highest BCUT2D eigenvalue weighted by Gasteiger charge is 2.25. The highest BCUT2D eigenvalue weighted by atomic mass is 16.3. The van der Waals surface area contributed by atoms with Gasteiger partial charge in [-0.3, -0.25) is 4.79 Å². The van der Waals surface area contributed by atoms with Gasteiger partial charge in [-0.2, -0.15) is 0 Å². The Morgan fingerprint density at radius 1 is 1.16 bits per heavy atom. The molecule has 1 aromatic rings. The third-order valence-electron chi connectivity index (χ3n) is 3.87. The molecule has 2 rings (SSSR count). The smallest absolute Gasteiger partial charge is 0.256 e. The summed E-state index contributed by atoms with van der Waals surface area (Å²) in [5.74, 6) is -0.145. The summed E-state index contributed by atoms with van der Waals surface area (Å²) in [5, 5.41) is 10.3. The molecule has 1 heterocycles. The van der Waals surface area contributed by atoms with E-state index < -0.39 is 6.10 Å². The first kappa shape index (κ1) is 14.1. The molecule has 1 atom stereocenters. The van der Waals surface area contributed by atoms with Gasteiger partial charge in [0.1, 0.15) is 0 Å². The van der Waals surface area contributed by atoms with Crippen LogP contribution in [0.4, 0.5) is 0 Å². The first-order chi connectivity index (χ1) is 9.09. The molecule has 1 saturated heterocycles. The number of carbonyl (C=O) groups is 1. The maximum atomic E-state index is 12.4. The van der Waals surface area contributed by atoms with Gasteiger partial charge in [0.05, 0.1) is 0 Å². The summed E-state index contributed by atoms with van der Waals surface area (Å²) in [7, 11) is 0. The van der Waals surface area contributed by atoms with Gasteiger partial charge in [0, 0.05) is 13.1 Å². The number of carbonyl (C=O) groups excluding carboxylic acids is 1. The first-order valence-electron chi connectivity index (χ1n) is 7.13. The lowest BCUT2D eigenvalue weighted by Gasteiger charge is -2.24. The minimum atomic E-state index is -1.02. The highest BCUT2D eigenvalue weighted by molar-refractivity contribution is 5.82. The number of aliphatic hydroxyl groups is 1. The summed E-state index contributed by atoms with van der Waals surface area (Å²) in [4.78, 5) is 14.2. The number of aryl methyl sites for hydroxylation is 2. The van der Waals surface area contributed by atoms with Crippen molar-refractivity contribution in [1.29, 1.82) is 0 Å². The zero-order valence-electron chi connectivity index (χ0n) is 11.9. The fourth-order valence-corrected chi connectivity index (χ4v) is 2.73. The molecule has 1 aliphatic heterocycles. The Kier molecular flexibility index (Phi) is 4.59. The van der Waals surface area contributed by atoms with E-state index in [1.165, 1.54) is 12.8 Å². The molecule has 1 aliphatic rings. The average Bonchev–Trinajstić information content (AvgIpc) is 2.66. The molecule has 1 fully saturated rings. The largest absolute Gasteiger partial charge is 0.378 e. The van der Waals surface area contributed by atoms with Gasteiger partial charge >= 0.3 is 0 Å². The lowest BCUT2D eigenvalue weighted by Crippen LogP contribution is -2.36. The molecular formula is C16H23NO2. The second-order valence-corrected chi connectivity index (χ2v) is 5.50. The molecule has 19 heavy (non-hydrogen) atoms. The van der Waals surface area contributed by atoms with E-state index in [0.717, 1.165) is 42.6 Å². The molecule has 0 spiro atoms. The van der Waals surface area contributed by atoms with E-state index in [0.29, 0.717) is 0 Å². The predicted octanol–water partition coefficient (Wildman–Crippen LogP) is 2.74. The Balaban J connectivity index is 2.13. The van der Waals surface area contributed by atoms with Gasteiger partial charge in [-0.1, -0.05) is 36.6 Å². The number of hydrogen-bond donors (Lipinski definition) is 1. The molecule has 1 N–H and O–H groups in total. The Hall–Kier alpha value is -1.35. The van der Waals surface area contributed by atoms with Gasteiger partial charge < -0.3 is 10.0 Å². The highest BCUT2D eigenvalue weighted by Crippen LogP contribution is 2.22. The van der Waals surface area contributed by atoms with Crippen LogP contribution in [0, 0.1) is 13.8 Å². The Morgan fingerprint density at radius 2 is 1.79 bits per heavy atom. The van der Waals surface area contributed by atoms with Crippen molar-refractivity contribution < 1.29 is 9.90 Å². The van der Waals surface area contributed by atoms with Crippen molar-refractivity contribution in [3.05, 3.63) is 34.9 Å². The monoisotopic (exact) mass is 261 g/mol.